The van der Waals surface area contributed by atoms with Gasteiger partial charge in [-0.1, -0.05) is 6.92 Å². The highest BCUT2D eigenvalue weighted by Crippen LogP contribution is 2.13. The first-order chi connectivity index (χ1) is 8.97. The van der Waals surface area contributed by atoms with E-state index >= 15 is 0 Å². The van der Waals surface area contributed by atoms with Crippen molar-refractivity contribution in [2.24, 2.45) is 0 Å². The molecule has 0 aliphatic heterocycles. The van der Waals surface area contributed by atoms with Crippen LogP contribution in [0.4, 0.5) is 0 Å². The number of sulfonamides is 1. The van der Waals surface area contributed by atoms with Crippen LogP contribution in [0.3, 0.4) is 0 Å². The first-order valence-corrected chi connectivity index (χ1v) is 7.36. The average molecular weight is 291 g/mol. The van der Waals surface area contributed by atoms with Crippen LogP contribution in [0.5, 0.6) is 0 Å². The monoisotopic (exact) mass is 291 g/mol. The summed E-state index contributed by atoms with van der Waals surface area (Å²) in [4.78, 5) is 10.6. The van der Waals surface area contributed by atoms with Crippen molar-refractivity contribution in [1.82, 2.24) is 4.72 Å². The third-order valence-corrected chi connectivity index (χ3v) is 3.50. The summed E-state index contributed by atoms with van der Waals surface area (Å²) < 4.78 is 35.7. The fraction of sp³-hybridized carbons (Fsp3) is 0.545. The molecule has 8 heteroatoms. The molecule has 0 amide bonds. The maximum Gasteiger partial charge on any atom is 0.371 e. The Morgan fingerprint density at radius 2 is 2.16 bits per heavy atom. The summed E-state index contributed by atoms with van der Waals surface area (Å²) in [5.41, 5.74) is 0. The van der Waals surface area contributed by atoms with E-state index < -0.39 is 26.8 Å². The lowest BCUT2D eigenvalue weighted by molar-refractivity contribution is 0.0656. The molecular formula is C11H17NO6S. The molecule has 0 fully saturated rings. The number of carboxylic acid groups (broad SMARTS) is 1. The van der Waals surface area contributed by atoms with Gasteiger partial charge in [0.2, 0.25) is 10.9 Å². The van der Waals surface area contributed by atoms with Gasteiger partial charge in [0.15, 0.2) is 0 Å². The molecule has 1 aromatic heterocycles. The lowest BCUT2D eigenvalue weighted by Gasteiger charge is -2.04. The molecule has 0 aliphatic rings. The Kier molecular flexibility index (Phi) is 6.00. The van der Waals surface area contributed by atoms with Gasteiger partial charge < -0.3 is 14.3 Å². The molecule has 0 bridgehead atoms. The zero-order valence-corrected chi connectivity index (χ0v) is 11.4. The highest BCUT2D eigenvalue weighted by atomic mass is 32.2. The smallest absolute Gasteiger partial charge is 0.371 e. The molecule has 1 heterocycles. The molecule has 7 nitrogen and oxygen atoms in total. The Morgan fingerprint density at radius 3 is 2.74 bits per heavy atom. The molecule has 0 unspecified atom stereocenters. The number of hydrogen-bond acceptors (Lipinski definition) is 5. The van der Waals surface area contributed by atoms with E-state index in [-0.39, 0.29) is 6.54 Å². The summed E-state index contributed by atoms with van der Waals surface area (Å²) in [5, 5.41) is 8.23. The summed E-state index contributed by atoms with van der Waals surface area (Å²) in [6.07, 6.45) is 1.45. The summed E-state index contributed by atoms with van der Waals surface area (Å²) in [7, 11) is -3.80. The van der Waals surface area contributed by atoms with E-state index in [2.05, 4.69) is 4.72 Å². The summed E-state index contributed by atoms with van der Waals surface area (Å²) in [5.74, 6) is -1.72. The molecule has 0 aliphatic carbocycles. The molecule has 1 aromatic rings. The Bertz CT molecular complexity index is 507. The van der Waals surface area contributed by atoms with Crippen molar-refractivity contribution >= 4 is 16.0 Å². The fourth-order valence-electron chi connectivity index (χ4n) is 1.28. The van der Waals surface area contributed by atoms with Crippen molar-refractivity contribution in [3.63, 3.8) is 0 Å². The van der Waals surface area contributed by atoms with Gasteiger partial charge in [0.25, 0.3) is 10.0 Å². The van der Waals surface area contributed by atoms with Crippen molar-refractivity contribution in [2.75, 3.05) is 19.8 Å². The number of ether oxygens (including phenoxy) is 1. The van der Waals surface area contributed by atoms with Crippen LogP contribution in [0.1, 0.15) is 30.3 Å². The molecule has 0 saturated heterocycles. The Balaban J connectivity index is 2.44. The van der Waals surface area contributed by atoms with Crippen LogP contribution >= 0.6 is 0 Å². The number of rotatable bonds is 9. The summed E-state index contributed by atoms with van der Waals surface area (Å²) >= 11 is 0. The Hall–Kier alpha value is -1.38. The van der Waals surface area contributed by atoms with Crippen LogP contribution in [0, 0.1) is 0 Å². The van der Waals surface area contributed by atoms with Crippen molar-refractivity contribution in [1.29, 1.82) is 0 Å². The molecular weight excluding hydrogens is 274 g/mol. The first kappa shape index (κ1) is 15.7. The highest BCUT2D eigenvalue weighted by Gasteiger charge is 2.20. The predicted octanol–water partition coefficient (Wildman–Crippen LogP) is 1.07. The van der Waals surface area contributed by atoms with E-state index in [0.29, 0.717) is 19.6 Å². The molecule has 19 heavy (non-hydrogen) atoms. The number of carbonyl (C=O) groups is 1. The van der Waals surface area contributed by atoms with Crippen LogP contribution in [-0.4, -0.2) is 39.3 Å². The lowest BCUT2D eigenvalue weighted by atomic mass is 10.4. The second kappa shape index (κ2) is 7.27. The van der Waals surface area contributed by atoms with Crippen LogP contribution in [0.25, 0.3) is 0 Å². The largest absolute Gasteiger partial charge is 0.475 e. The maximum absolute atomic E-state index is 11.7. The maximum atomic E-state index is 11.7. The standard InChI is InChI=1S/C11H17NO6S/c1-2-7-17-8-3-6-12-19(15,16)10-5-4-9(18-10)11(13)14/h4-5,12H,2-3,6-8H2,1H3,(H,13,14). The van der Waals surface area contributed by atoms with Gasteiger partial charge in [-0.15, -0.1) is 0 Å². The normalized spacial score (nSPS) is 11.6. The van der Waals surface area contributed by atoms with E-state index in [1.54, 1.807) is 0 Å². The number of carboxylic acids is 1. The second-order valence-electron chi connectivity index (χ2n) is 3.79. The first-order valence-electron chi connectivity index (χ1n) is 5.88. The number of hydrogen-bond donors (Lipinski definition) is 2. The zero-order chi connectivity index (χ0) is 14.3. The van der Waals surface area contributed by atoms with Gasteiger partial charge in [-0.05, 0) is 25.0 Å². The second-order valence-corrected chi connectivity index (χ2v) is 5.49. The van der Waals surface area contributed by atoms with Gasteiger partial charge in [-0.3, -0.25) is 0 Å². The predicted molar refractivity (Wildman–Crippen MR) is 66.6 cm³/mol. The summed E-state index contributed by atoms with van der Waals surface area (Å²) in [6, 6.07) is 2.21. The van der Waals surface area contributed by atoms with Crippen LogP contribution in [0.15, 0.2) is 21.6 Å². The summed E-state index contributed by atoms with van der Waals surface area (Å²) in [6.45, 7) is 3.30. The van der Waals surface area contributed by atoms with Gasteiger partial charge >= 0.3 is 5.97 Å². The van der Waals surface area contributed by atoms with Crippen LogP contribution in [-0.2, 0) is 14.8 Å². The molecule has 1 rings (SSSR count). The molecule has 0 aromatic carbocycles. The number of furan rings is 1. The molecule has 108 valence electrons. The van der Waals surface area contributed by atoms with Crippen molar-refractivity contribution in [3.05, 3.63) is 17.9 Å². The minimum absolute atomic E-state index is 0.204. The molecule has 2 N–H and O–H groups in total. The molecule has 0 atom stereocenters. The van der Waals surface area contributed by atoms with Crippen LogP contribution < -0.4 is 4.72 Å². The number of nitrogens with one attached hydrogen (secondary N) is 1. The third kappa shape index (κ3) is 5.01. The number of aromatic carboxylic acids is 1. The van der Waals surface area contributed by atoms with E-state index in [9.17, 15) is 13.2 Å². The van der Waals surface area contributed by atoms with Gasteiger partial charge in [0, 0.05) is 19.8 Å². The molecule has 0 saturated carbocycles. The van der Waals surface area contributed by atoms with Crippen molar-refractivity contribution in [2.45, 2.75) is 24.9 Å². The zero-order valence-electron chi connectivity index (χ0n) is 10.6. The topological polar surface area (TPSA) is 106 Å². The lowest BCUT2D eigenvalue weighted by Crippen LogP contribution is -2.25. The SMILES string of the molecule is CCCOCCCNS(=O)(=O)c1ccc(C(=O)O)o1. The third-order valence-electron chi connectivity index (χ3n) is 2.16. The molecule has 0 radical (unpaired) electrons. The fourth-order valence-corrected chi connectivity index (χ4v) is 2.28. The Labute approximate surface area is 111 Å². The van der Waals surface area contributed by atoms with Gasteiger partial charge in [0.1, 0.15) is 0 Å². The molecule has 0 spiro atoms. The Morgan fingerprint density at radius 1 is 1.42 bits per heavy atom. The van der Waals surface area contributed by atoms with Gasteiger partial charge in [-0.2, -0.15) is 0 Å². The van der Waals surface area contributed by atoms with Gasteiger partial charge in [0.05, 0.1) is 0 Å². The minimum Gasteiger partial charge on any atom is -0.475 e. The van der Waals surface area contributed by atoms with E-state index in [1.165, 1.54) is 0 Å². The van der Waals surface area contributed by atoms with Crippen LogP contribution in [0.2, 0.25) is 0 Å². The van der Waals surface area contributed by atoms with E-state index in [4.69, 9.17) is 14.3 Å². The quantitative estimate of drug-likeness (QED) is 0.659. The van der Waals surface area contributed by atoms with Crippen molar-refractivity contribution < 1.29 is 27.5 Å². The highest BCUT2D eigenvalue weighted by molar-refractivity contribution is 7.89. The van der Waals surface area contributed by atoms with E-state index in [1.807, 2.05) is 6.92 Å². The minimum atomic E-state index is -3.80. The van der Waals surface area contributed by atoms with Gasteiger partial charge in [-0.25, -0.2) is 17.9 Å². The van der Waals surface area contributed by atoms with Crippen molar-refractivity contribution in [3.8, 4) is 0 Å². The average Bonchev–Trinajstić information content (AvgIpc) is 2.84. The van der Waals surface area contributed by atoms with E-state index in [0.717, 1.165) is 18.6 Å².